The van der Waals surface area contributed by atoms with Crippen molar-refractivity contribution in [3.8, 4) is 0 Å². The number of rotatable bonds is 3. The van der Waals surface area contributed by atoms with Crippen LogP contribution in [0.5, 0.6) is 0 Å². The van der Waals surface area contributed by atoms with E-state index in [1.54, 1.807) is 12.1 Å². The summed E-state index contributed by atoms with van der Waals surface area (Å²) >= 11 is 8.04. The van der Waals surface area contributed by atoms with Gasteiger partial charge in [0.25, 0.3) is 5.69 Å². The van der Waals surface area contributed by atoms with E-state index in [1.165, 1.54) is 24.3 Å². The molecule has 0 saturated carbocycles. The van der Waals surface area contributed by atoms with Crippen LogP contribution >= 0.6 is 34.2 Å². The zero-order valence-electron chi connectivity index (χ0n) is 11.9. The maximum absolute atomic E-state index is 11.9. The number of carbonyl (C=O) groups is 1. The molecule has 3 rings (SSSR count). The summed E-state index contributed by atoms with van der Waals surface area (Å²) in [5.74, 6) is -0.367. The molecule has 0 atom stereocenters. The second-order valence-corrected chi connectivity index (χ2v) is 6.46. The average molecular weight is 455 g/mol. The van der Waals surface area contributed by atoms with Crippen molar-refractivity contribution in [2.45, 2.75) is 0 Å². The molecule has 6 nitrogen and oxygen atoms in total. The molecule has 1 heterocycles. The van der Waals surface area contributed by atoms with E-state index in [9.17, 15) is 14.9 Å². The number of nitro benzene ring substituents is 1. The SMILES string of the molecule is O=C1OC(c2ccc(I)cc2)=N/C1=C/c1ccc([N+](=O)[O-])c(Cl)c1. The van der Waals surface area contributed by atoms with Gasteiger partial charge < -0.3 is 4.74 Å². The van der Waals surface area contributed by atoms with Gasteiger partial charge in [0.2, 0.25) is 5.90 Å². The molecule has 2 aromatic carbocycles. The Balaban J connectivity index is 1.92. The van der Waals surface area contributed by atoms with Crippen LogP contribution in [0.2, 0.25) is 5.02 Å². The van der Waals surface area contributed by atoms with Gasteiger partial charge in [0, 0.05) is 15.2 Å². The quantitative estimate of drug-likeness (QED) is 0.229. The third-order valence-corrected chi connectivity index (χ3v) is 4.21. The van der Waals surface area contributed by atoms with Gasteiger partial charge in [0.1, 0.15) is 5.02 Å². The van der Waals surface area contributed by atoms with Crippen LogP contribution in [-0.2, 0) is 9.53 Å². The maximum Gasteiger partial charge on any atom is 0.363 e. The molecule has 0 aromatic heterocycles. The van der Waals surface area contributed by atoms with Crippen LogP contribution in [0.25, 0.3) is 6.08 Å². The van der Waals surface area contributed by atoms with Crippen molar-refractivity contribution in [2.24, 2.45) is 4.99 Å². The van der Waals surface area contributed by atoms with Gasteiger partial charge in [-0.3, -0.25) is 10.1 Å². The van der Waals surface area contributed by atoms with E-state index in [4.69, 9.17) is 16.3 Å². The van der Waals surface area contributed by atoms with Gasteiger partial charge in [0.05, 0.1) is 4.92 Å². The van der Waals surface area contributed by atoms with Crippen LogP contribution in [0.3, 0.4) is 0 Å². The Hall–Kier alpha value is -2.26. The first-order valence-corrected chi connectivity index (χ1v) is 8.12. The van der Waals surface area contributed by atoms with E-state index >= 15 is 0 Å². The van der Waals surface area contributed by atoms with E-state index in [1.807, 2.05) is 12.1 Å². The number of ether oxygens (including phenoxy) is 1. The maximum atomic E-state index is 11.9. The average Bonchev–Trinajstić information content (AvgIpc) is 2.88. The number of hydrogen-bond donors (Lipinski definition) is 0. The Morgan fingerprint density at radius 1 is 1.21 bits per heavy atom. The van der Waals surface area contributed by atoms with Crippen LogP contribution in [0, 0.1) is 13.7 Å². The standard InChI is InChI=1S/C16H8ClIN2O4/c17-12-7-9(1-6-14(12)20(22)23)8-13-16(21)24-15(19-13)10-2-4-11(18)5-3-10/h1-8H/b13-8+. The van der Waals surface area contributed by atoms with Crippen molar-refractivity contribution in [3.63, 3.8) is 0 Å². The van der Waals surface area contributed by atoms with Crippen LogP contribution in [0.15, 0.2) is 53.2 Å². The molecule has 1 aliphatic rings. The molecule has 120 valence electrons. The lowest BCUT2D eigenvalue weighted by Crippen LogP contribution is -2.05. The highest BCUT2D eigenvalue weighted by atomic mass is 127. The van der Waals surface area contributed by atoms with Gasteiger partial charge in [-0.25, -0.2) is 9.79 Å². The number of cyclic esters (lactones) is 1. The summed E-state index contributed by atoms with van der Waals surface area (Å²) in [7, 11) is 0. The molecule has 0 saturated heterocycles. The van der Waals surface area contributed by atoms with Crippen LogP contribution in [0.1, 0.15) is 11.1 Å². The highest BCUT2D eigenvalue weighted by Gasteiger charge is 2.24. The highest BCUT2D eigenvalue weighted by molar-refractivity contribution is 14.1. The minimum atomic E-state index is -0.585. The molecule has 0 N–H and O–H groups in total. The van der Waals surface area contributed by atoms with Crippen LogP contribution in [-0.4, -0.2) is 16.8 Å². The number of esters is 1. The Kier molecular flexibility index (Phi) is 4.63. The van der Waals surface area contributed by atoms with Crippen LogP contribution < -0.4 is 0 Å². The lowest BCUT2D eigenvalue weighted by atomic mass is 10.2. The van der Waals surface area contributed by atoms with E-state index in [2.05, 4.69) is 27.6 Å². The van der Waals surface area contributed by atoms with E-state index < -0.39 is 10.9 Å². The van der Waals surface area contributed by atoms with E-state index in [0.29, 0.717) is 11.1 Å². The molecule has 8 heteroatoms. The predicted molar refractivity (Wildman–Crippen MR) is 97.9 cm³/mol. The zero-order chi connectivity index (χ0) is 17.3. The molecule has 2 aromatic rings. The third-order valence-electron chi connectivity index (χ3n) is 3.18. The molecule has 0 unspecified atom stereocenters. The molecular formula is C16H8ClIN2O4. The number of halogens is 2. The van der Waals surface area contributed by atoms with Crippen molar-refractivity contribution in [3.05, 3.63) is 78.0 Å². The number of nitrogens with zero attached hydrogens (tertiary/aromatic N) is 2. The van der Waals surface area contributed by atoms with Gasteiger partial charge >= 0.3 is 5.97 Å². The molecule has 0 spiro atoms. The first-order chi connectivity index (χ1) is 11.4. The van der Waals surface area contributed by atoms with Gasteiger partial charge in [-0.15, -0.1) is 0 Å². The van der Waals surface area contributed by atoms with Crippen molar-refractivity contribution >= 4 is 57.8 Å². The van der Waals surface area contributed by atoms with Crippen molar-refractivity contribution in [1.82, 2.24) is 0 Å². The third kappa shape index (κ3) is 3.46. The summed E-state index contributed by atoms with van der Waals surface area (Å²) in [4.78, 5) is 26.3. The zero-order valence-corrected chi connectivity index (χ0v) is 14.8. The van der Waals surface area contributed by atoms with Crippen molar-refractivity contribution < 1.29 is 14.5 Å². The summed E-state index contributed by atoms with van der Waals surface area (Å²) in [5, 5.41) is 10.8. The Bertz CT molecular complexity index is 907. The highest BCUT2D eigenvalue weighted by Crippen LogP contribution is 2.27. The number of hydrogen-bond acceptors (Lipinski definition) is 5. The monoisotopic (exact) mass is 454 g/mol. The Morgan fingerprint density at radius 3 is 2.54 bits per heavy atom. The van der Waals surface area contributed by atoms with Gasteiger partial charge in [-0.05, 0) is 70.6 Å². The summed E-state index contributed by atoms with van der Waals surface area (Å²) < 4.78 is 6.22. The summed E-state index contributed by atoms with van der Waals surface area (Å²) in [6.07, 6.45) is 1.47. The number of nitro groups is 1. The Labute approximate surface area is 155 Å². The summed E-state index contributed by atoms with van der Waals surface area (Å²) in [6.45, 7) is 0. The van der Waals surface area contributed by atoms with Crippen molar-refractivity contribution in [2.75, 3.05) is 0 Å². The number of benzene rings is 2. The van der Waals surface area contributed by atoms with E-state index in [0.717, 1.165) is 3.57 Å². The fourth-order valence-corrected chi connectivity index (χ4v) is 2.66. The van der Waals surface area contributed by atoms with Gasteiger partial charge in [-0.1, -0.05) is 11.6 Å². The van der Waals surface area contributed by atoms with Gasteiger partial charge in [-0.2, -0.15) is 0 Å². The van der Waals surface area contributed by atoms with Crippen molar-refractivity contribution in [1.29, 1.82) is 0 Å². The molecule has 0 aliphatic carbocycles. The first kappa shape index (κ1) is 16.6. The normalized spacial score (nSPS) is 15.3. The van der Waals surface area contributed by atoms with Gasteiger partial charge in [0.15, 0.2) is 5.70 Å². The lowest BCUT2D eigenvalue weighted by Gasteiger charge is -1.98. The molecule has 0 fully saturated rings. The fraction of sp³-hybridized carbons (Fsp3) is 0. The molecule has 0 bridgehead atoms. The molecule has 24 heavy (non-hydrogen) atoms. The minimum Gasteiger partial charge on any atom is -0.402 e. The van der Waals surface area contributed by atoms with Crippen LogP contribution in [0.4, 0.5) is 5.69 Å². The second-order valence-electron chi connectivity index (χ2n) is 4.81. The number of carbonyl (C=O) groups excluding carboxylic acids is 1. The fourth-order valence-electron chi connectivity index (χ4n) is 2.04. The smallest absolute Gasteiger partial charge is 0.363 e. The van der Waals surface area contributed by atoms with E-state index in [-0.39, 0.29) is 22.3 Å². The topological polar surface area (TPSA) is 81.8 Å². The lowest BCUT2D eigenvalue weighted by molar-refractivity contribution is -0.384. The largest absolute Gasteiger partial charge is 0.402 e. The second kappa shape index (κ2) is 6.70. The number of aliphatic imine (C=N–C) groups is 1. The summed E-state index contributed by atoms with van der Waals surface area (Å²) in [5.41, 5.74) is 1.11. The minimum absolute atomic E-state index is 0.0115. The molecule has 1 aliphatic heterocycles. The molecule has 0 radical (unpaired) electrons. The Morgan fingerprint density at radius 2 is 1.92 bits per heavy atom. The summed E-state index contributed by atoms with van der Waals surface area (Å²) in [6, 6.07) is 11.5. The predicted octanol–water partition coefficient (Wildman–Crippen LogP) is 4.20. The molecular weight excluding hydrogens is 447 g/mol. The molecule has 0 amide bonds. The first-order valence-electron chi connectivity index (χ1n) is 6.66.